The fourth-order valence-electron chi connectivity index (χ4n) is 2.47. The molecule has 1 saturated heterocycles. The number of nitrogens with one attached hydrogen (secondary N) is 2. The van der Waals surface area contributed by atoms with Crippen LogP contribution in [0.3, 0.4) is 0 Å². The number of aromatic nitrogens is 1. The van der Waals surface area contributed by atoms with Crippen molar-refractivity contribution < 1.29 is 18.7 Å². The maximum atomic E-state index is 13.1. The largest absolute Gasteiger partial charge is 0.439 e. The normalized spacial score (nSPS) is 15.8. The highest BCUT2D eigenvalue weighted by atomic mass is 35.5. The Labute approximate surface area is 169 Å². The van der Waals surface area contributed by atoms with Crippen molar-refractivity contribution in [2.45, 2.75) is 19.0 Å². The standard InChI is InChI=1S/C18H20FN3O3.2ClH/c19-14-2-1-3-16(8-14)25-18-5-4-13(11-22-18)10-21-17(23)9-15-12-24-7-6-20-15;;/h1-5,8,11,15,20H,6-7,9-10,12H2,(H,21,23);2*1H. The summed E-state index contributed by atoms with van der Waals surface area (Å²) in [7, 11) is 0. The Bertz CT molecular complexity index is 713. The molecule has 0 saturated carbocycles. The van der Waals surface area contributed by atoms with Crippen molar-refractivity contribution in [1.82, 2.24) is 15.6 Å². The molecule has 1 unspecified atom stereocenters. The Kier molecular flexibility index (Phi) is 10.0. The highest BCUT2D eigenvalue weighted by Gasteiger charge is 2.16. The van der Waals surface area contributed by atoms with Crippen molar-refractivity contribution in [2.24, 2.45) is 0 Å². The van der Waals surface area contributed by atoms with E-state index < -0.39 is 0 Å². The van der Waals surface area contributed by atoms with Crippen LogP contribution in [0.15, 0.2) is 42.6 Å². The van der Waals surface area contributed by atoms with Gasteiger partial charge in [0, 0.05) is 43.9 Å². The molecule has 148 valence electrons. The highest BCUT2D eigenvalue weighted by Crippen LogP contribution is 2.19. The number of morpholine rings is 1. The van der Waals surface area contributed by atoms with Crippen molar-refractivity contribution in [3.8, 4) is 11.6 Å². The molecule has 1 aromatic heterocycles. The van der Waals surface area contributed by atoms with E-state index in [0.717, 1.165) is 12.1 Å². The van der Waals surface area contributed by atoms with Crippen LogP contribution in [-0.2, 0) is 16.1 Å². The zero-order chi connectivity index (χ0) is 17.5. The maximum absolute atomic E-state index is 13.1. The molecule has 2 N–H and O–H groups in total. The van der Waals surface area contributed by atoms with Crippen LogP contribution in [0.5, 0.6) is 11.6 Å². The van der Waals surface area contributed by atoms with Gasteiger partial charge in [0.15, 0.2) is 0 Å². The lowest BCUT2D eigenvalue weighted by molar-refractivity contribution is -0.122. The molecule has 1 aromatic carbocycles. The van der Waals surface area contributed by atoms with E-state index in [1.165, 1.54) is 12.1 Å². The molecule has 2 heterocycles. The Morgan fingerprint density at radius 3 is 2.85 bits per heavy atom. The molecule has 1 fully saturated rings. The number of nitrogens with zero attached hydrogens (tertiary/aromatic N) is 1. The van der Waals surface area contributed by atoms with Crippen LogP contribution in [0.2, 0.25) is 0 Å². The van der Waals surface area contributed by atoms with Crippen LogP contribution in [-0.4, -0.2) is 36.7 Å². The van der Waals surface area contributed by atoms with Crippen molar-refractivity contribution in [2.75, 3.05) is 19.8 Å². The Morgan fingerprint density at radius 2 is 2.19 bits per heavy atom. The molecular weight excluding hydrogens is 396 g/mol. The smallest absolute Gasteiger partial charge is 0.221 e. The number of carbonyl (C=O) groups excluding carboxylic acids is 1. The Hall–Kier alpha value is -1.93. The molecule has 0 spiro atoms. The van der Waals surface area contributed by atoms with Gasteiger partial charge in [0.25, 0.3) is 0 Å². The summed E-state index contributed by atoms with van der Waals surface area (Å²) in [5, 5.41) is 6.10. The van der Waals surface area contributed by atoms with Crippen LogP contribution >= 0.6 is 24.8 Å². The van der Waals surface area contributed by atoms with Gasteiger partial charge in [0.2, 0.25) is 11.8 Å². The van der Waals surface area contributed by atoms with E-state index >= 15 is 0 Å². The van der Waals surface area contributed by atoms with E-state index in [2.05, 4.69) is 15.6 Å². The van der Waals surface area contributed by atoms with Crippen molar-refractivity contribution in [3.63, 3.8) is 0 Å². The van der Waals surface area contributed by atoms with Gasteiger partial charge in [-0.05, 0) is 17.7 Å². The minimum absolute atomic E-state index is 0. The summed E-state index contributed by atoms with van der Waals surface area (Å²) in [5.41, 5.74) is 0.854. The molecule has 3 rings (SSSR count). The average Bonchev–Trinajstić information content (AvgIpc) is 2.62. The molecule has 0 bridgehead atoms. The van der Waals surface area contributed by atoms with Crippen LogP contribution in [0.4, 0.5) is 4.39 Å². The van der Waals surface area contributed by atoms with Gasteiger partial charge in [-0.25, -0.2) is 9.37 Å². The molecule has 1 aliphatic heterocycles. The topological polar surface area (TPSA) is 72.5 Å². The predicted molar refractivity (Wildman–Crippen MR) is 104 cm³/mol. The third kappa shape index (κ3) is 7.68. The molecule has 1 atom stereocenters. The molecule has 0 aliphatic carbocycles. The first kappa shape index (κ1) is 23.1. The summed E-state index contributed by atoms with van der Waals surface area (Å²) >= 11 is 0. The van der Waals surface area contributed by atoms with E-state index in [1.807, 2.05) is 6.07 Å². The second-order valence-corrected chi connectivity index (χ2v) is 5.77. The lowest BCUT2D eigenvalue weighted by Crippen LogP contribution is -2.44. The molecular formula is C18H22Cl2FN3O3. The third-order valence-electron chi connectivity index (χ3n) is 3.74. The summed E-state index contributed by atoms with van der Waals surface area (Å²) in [4.78, 5) is 16.1. The van der Waals surface area contributed by atoms with E-state index in [0.29, 0.717) is 37.8 Å². The van der Waals surface area contributed by atoms with Crippen molar-refractivity contribution >= 4 is 30.7 Å². The average molecular weight is 418 g/mol. The first-order chi connectivity index (χ1) is 12.2. The Balaban J connectivity index is 0.00000182. The first-order valence-corrected chi connectivity index (χ1v) is 8.15. The Morgan fingerprint density at radius 1 is 1.33 bits per heavy atom. The number of pyridine rings is 1. The predicted octanol–water partition coefficient (Wildman–Crippen LogP) is 2.85. The van der Waals surface area contributed by atoms with Gasteiger partial charge in [-0.15, -0.1) is 24.8 Å². The van der Waals surface area contributed by atoms with E-state index in [-0.39, 0.29) is 42.6 Å². The number of halogens is 3. The van der Waals surface area contributed by atoms with E-state index in [9.17, 15) is 9.18 Å². The summed E-state index contributed by atoms with van der Waals surface area (Å²) in [6.45, 7) is 2.41. The van der Waals surface area contributed by atoms with Crippen LogP contribution in [0.1, 0.15) is 12.0 Å². The number of carbonyl (C=O) groups is 1. The summed E-state index contributed by atoms with van der Waals surface area (Å²) in [6.07, 6.45) is 2.01. The fraction of sp³-hybridized carbons (Fsp3) is 0.333. The quantitative estimate of drug-likeness (QED) is 0.755. The monoisotopic (exact) mass is 417 g/mol. The zero-order valence-electron chi connectivity index (χ0n) is 14.5. The minimum Gasteiger partial charge on any atom is -0.439 e. The second kappa shape index (κ2) is 11.7. The van der Waals surface area contributed by atoms with Gasteiger partial charge >= 0.3 is 0 Å². The van der Waals surface area contributed by atoms with E-state index in [1.54, 1.807) is 24.4 Å². The molecule has 27 heavy (non-hydrogen) atoms. The summed E-state index contributed by atoms with van der Waals surface area (Å²) < 4.78 is 23.9. The third-order valence-corrected chi connectivity index (χ3v) is 3.74. The molecule has 6 nitrogen and oxygen atoms in total. The molecule has 0 radical (unpaired) electrons. The zero-order valence-corrected chi connectivity index (χ0v) is 16.2. The summed E-state index contributed by atoms with van der Waals surface area (Å²) in [6, 6.07) is 9.42. The summed E-state index contributed by atoms with van der Waals surface area (Å²) in [5.74, 6) is 0.345. The number of benzene rings is 1. The number of amides is 1. The first-order valence-electron chi connectivity index (χ1n) is 8.15. The van der Waals surface area contributed by atoms with Crippen molar-refractivity contribution in [3.05, 3.63) is 54.0 Å². The maximum Gasteiger partial charge on any atom is 0.221 e. The number of rotatable bonds is 6. The molecule has 9 heteroatoms. The van der Waals surface area contributed by atoms with Crippen molar-refractivity contribution in [1.29, 1.82) is 0 Å². The van der Waals surface area contributed by atoms with Gasteiger partial charge < -0.3 is 20.1 Å². The molecule has 1 amide bonds. The van der Waals surface area contributed by atoms with Crippen LogP contribution < -0.4 is 15.4 Å². The lowest BCUT2D eigenvalue weighted by atomic mass is 10.2. The van der Waals surface area contributed by atoms with Gasteiger partial charge in [-0.3, -0.25) is 4.79 Å². The number of hydrogen-bond acceptors (Lipinski definition) is 5. The molecule has 2 aromatic rings. The van der Waals surface area contributed by atoms with Gasteiger partial charge in [-0.2, -0.15) is 0 Å². The number of hydrogen-bond donors (Lipinski definition) is 2. The SMILES string of the molecule is Cl.Cl.O=C(CC1COCCN1)NCc1ccc(Oc2cccc(F)c2)nc1. The van der Waals surface area contributed by atoms with Gasteiger partial charge in [0.1, 0.15) is 11.6 Å². The van der Waals surface area contributed by atoms with Crippen LogP contribution in [0, 0.1) is 5.82 Å². The molecule has 1 aliphatic rings. The van der Waals surface area contributed by atoms with E-state index in [4.69, 9.17) is 9.47 Å². The number of ether oxygens (including phenoxy) is 2. The second-order valence-electron chi connectivity index (χ2n) is 5.77. The lowest BCUT2D eigenvalue weighted by Gasteiger charge is -2.23. The minimum atomic E-state index is -0.366. The highest BCUT2D eigenvalue weighted by molar-refractivity contribution is 5.85. The van der Waals surface area contributed by atoms with Crippen LogP contribution in [0.25, 0.3) is 0 Å². The fourth-order valence-corrected chi connectivity index (χ4v) is 2.47. The van der Waals surface area contributed by atoms with Gasteiger partial charge in [-0.1, -0.05) is 12.1 Å². The van der Waals surface area contributed by atoms with Gasteiger partial charge in [0.05, 0.1) is 13.2 Å².